The lowest BCUT2D eigenvalue weighted by atomic mass is 10.1. The number of esters is 1. The molecule has 0 radical (unpaired) electrons. The fourth-order valence-electron chi connectivity index (χ4n) is 2.88. The Kier molecular flexibility index (Phi) is 6.51. The van der Waals surface area contributed by atoms with Gasteiger partial charge in [0.2, 0.25) is 0 Å². The topological polar surface area (TPSA) is 90.7 Å². The quantitative estimate of drug-likeness (QED) is 0.587. The van der Waals surface area contributed by atoms with Crippen LogP contribution in [0.3, 0.4) is 0 Å². The Morgan fingerprint density at radius 3 is 2.57 bits per heavy atom. The average molecular weight is 408 g/mol. The molecule has 0 aliphatic rings. The lowest BCUT2D eigenvalue weighted by Crippen LogP contribution is -2.21. The second-order valence-electron chi connectivity index (χ2n) is 7.03. The van der Waals surface area contributed by atoms with E-state index in [9.17, 15) is 9.59 Å². The molecule has 0 unspecified atom stereocenters. The minimum absolute atomic E-state index is 0.207. The zero-order valence-electron chi connectivity index (χ0n) is 17.4. The predicted octanol–water partition coefficient (Wildman–Crippen LogP) is 4.28. The molecule has 0 fully saturated rings. The van der Waals surface area contributed by atoms with Crippen molar-refractivity contribution in [3.63, 3.8) is 0 Å². The zero-order chi connectivity index (χ0) is 21.7. The van der Waals surface area contributed by atoms with Crippen molar-refractivity contribution in [2.45, 2.75) is 34.3 Å². The summed E-state index contributed by atoms with van der Waals surface area (Å²) in [6, 6.07) is 12.5. The largest absolute Gasteiger partial charge is 0.488 e. The molecule has 0 spiro atoms. The number of rotatable bonds is 7. The first-order valence-corrected chi connectivity index (χ1v) is 9.53. The summed E-state index contributed by atoms with van der Waals surface area (Å²) in [5.74, 6) is -0.0280. The number of benzene rings is 2. The van der Waals surface area contributed by atoms with E-state index in [0.29, 0.717) is 17.2 Å². The smallest absolute Gasteiger partial charge is 0.342 e. The van der Waals surface area contributed by atoms with E-state index >= 15 is 0 Å². The molecule has 2 aromatic carbocycles. The maximum Gasteiger partial charge on any atom is 0.342 e. The van der Waals surface area contributed by atoms with Crippen LogP contribution in [-0.2, 0) is 16.1 Å². The first-order valence-electron chi connectivity index (χ1n) is 9.53. The maximum absolute atomic E-state index is 12.5. The van der Waals surface area contributed by atoms with Crippen molar-refractivity contribution < 1.29 is 23.6 Å². The van der Waals surface area contributed by atoms with Gasteiger partial charge in [0.15, 0.2) is 6.61 Å². The normalized spacial score (nSPS) is 10.5. The number of anilines is 1. The van der Waals surface area contributed by atoms with Gasteiger partial charge in [-0.2, -0.15) is 0 Å². The van der Waals surface area contributed by atoms with Crippen LogP contribution in [0.4, 0.5) is 5.69 Å². The van der Waals surface area contributed by atoms with Gasteiger partial charge in [-0.25, -0.2) is 4.79 Å². The number of aromatic nitrogens is 1. The fraction of sp³-hybridized carbons (Fsp3) is 0.261. The van der Waals surface area contributed by atoms with Crippen LogP contribution >= 0.6 is 0 Å². The summed E-state index contributed by atoms with van der Waals surface area (Å²) < 4.78 is 16.1. The van der Waals surface area contributed by atoms with Gasteiger partial charge in [-0.15, -0.1) is 0 Å². The van der Waals surface area contributed by atoms with Crippen molar-refractivity contribution in [1.29, 1.82) is 0 Å². The molecule has 30 heavy (non-hydrogen) atoms. The SMILES string of the molecule is Cc1ccc(C)c(NC(=O)COC(=O)c2ccccc2OCc2c(C)noc2C)c1. The summed E-state index contributed by atoms with van der Waals surface area (Å²) in [7, 11) is 0. The number of para-hydroxylation sites is 1. The second kappa shape index (κ2) is 9.26. The molecule has 0 aliphatic carbocycles. The van der Waals surface area contributed by atoms with Gasteiger partial charge in [-0.05, 0) is 57.0 Å². The first-order chi connectivity index (χ1) is 14.3. The number of nitrogens with zero attached hydrogens (tertiary/aromatic N) is 1. The standard InChI is InChI=1S/C23H24N2O5/c1-14-9-10-15(2)20(11-14)24-22(26)13-29-23(27)18-7-5-6-8-21(18)28-12-19-16(3)25-30-17(19)4/h5-11H,12-13H2,1-4H3,(H,24,26). The number of carbonyl (C=O) groups excluding carboxylic acids is 2. The van der Waals surface area contributed by atoms with Crippen LogP contribution in [0.15, 0.2) is 47.0 Å². The average Bonchev–Trinajstić information content (AvgIpc) is 3.05. The Morgan fingerprint density at radius 1 is 1.07 bits per heavy atom. The highest BCUT2D eigenvalue weighted by Gasteiger charge is 2.17. The van der Waals surface area contributed by atoms with Crippen LogP contribution in [0.2, 0.25) is 0 Å². The van der Waals surface area contributed by atoms with E-state index in [1.54, 1.807) is 31.2 Å². The van der Waals surface area contributed by atoms with Crippen LogP contribution in [0.5, 0.6) is 5.75 Å². The van der Waals surface area contributed by atoms with Gasteiger partial charge in [-0.3, -0.25) is 4.79 Å². The number of hydrogen-bond donors (Lipinski definition) is 1. The number of nitrogens with one attached hydrogen (secondary N) is 1. The number of hydrogen-bond acceptors (Lipinski definition) is 6. The van der Waals surface area contributed by atoms with E-state index in [1.807, 2.05) is 39.0 Å². The third kappa shape index (κ3) is 5.05. The highest BCUT2D eigenvalue weighted by molar-refractivity contribution is 5.97. The van der Waals surface area contributed by atoms with E-state index in [0.717, 1.165) is 22.4 Å². The molecule has 7 nitrogen and oxygen atoms in total. The highest BCUT2D eigenvalue weighted by atomic mass is 16.5. The molecule has 1 N–H and O–H groups in total. The van der Waals surface area contributed by atoms with Gasteiger partial charge in [0.1, 0.15) is 23.7 Å². The first kappa shape index (κ1) is 21.1. The van der Waals surface area contributed by atoms with Crippen molar-refractivity contribution in [2.75, 3.05) is 11.9 Å². The molecule has 0 saturated carbocycles. The van der Waals surface area contributed by atoms with Crippen LogP contribution < -0.4 is 10.1 Å². The van der Waals surface area contributed by atoms with Crippen molar-refractivity contribution in [2.24, 2.45) is 0 Å². The molecule has 3 rings (SSSR count). The zero-order valence-corrected chi connectivity index (χ0v) is 17.4. The Hall–Kier alpha value is -3.61. The molecular weight excluding hydrogens is 384 g/mol. The molecule has 0 bridgehead atoms. The van der Waals surface area contributed by atoms with Crippen LogP contribution in [-0.4, -0.2) is 23.6 Å². The molecule has 1 aromatic heterocycles. The molecule has 3 aromatic rings. The number of amides is 1. The molecular formula is C23H24N2O5. The van der Waals surface area contributed by atoms with Crippen LogP contribution in [0.25, 0.3) is 0 Å². The van der Waals surface area contributed by atoms with Crippen molar-refractivity contribution >= 4 is 17.6 Å². The summed E-state index contributed by atoms with van der Waals surface area (Å²) in [5.41, 5.74) is 4.44. The number of carbonyl (C=O) groups is 2. The third-order valence-electron chi connectivity index (χ3n) is 4.66. The van der Waals surface area contributed by atoms with E-state index in [4.69, 9.17) is 14.0 Å². The number of ether oxygens (including phenoxy) is 2. The minimum Gasteiger partial charge on any atom is -0.488 e. The van der Waals surface area contributed by atoms with Gasteiger partial charge >= 0.3 is 5.97 Å². The lowest BCUT2D eigenvalue weighted by Gasteiger charge is -2.12. The Balaban J connectivity index is 1.61. The highest BCUT2D eigenvalue weighted by Crippen LogP contribution is 2.22. The van der Waals surface area contributed by atoms with Gasteiger partial charge in [0, 0.05) is 5.69 Å². The fourth-order valence-corrected chi connectivity index (χ4v) is 2.88. The number of aryl methyl sites for hydroxylation is 4. The summed E-state index contributed by atoms with van der Waals surface area (Å²) in [6.45, 7) is 7.27. The summed E-state index contributed by atoms with van der Waals surface area (Å²) in [5, 5.41) is 6.65. The summed E-state index contributed by atoms with van der Waals surface area (Å²) in [6.07, 6.45) is 0. The Morgan fingerprint density at radius 2 is 1.83 bits per heavy atom. The van der Waals surface area contributed by atoms with Gasteiger partial charge in [0.25, 0.3) is 5.91 Å². The summed E-state index contributed by atoms with van der Waals surface area (Å²) >= 11 is 0. The van der Waals surface area contributed by atoms with Gasteiger partial charge < -0.3 is 19.3 Å². The Bertz CT molecular complexity index is 1050. The van der Waals surface area contributed by atoms with Crippen LogP contribution in [0.1, 0.15) is 38.5 Å². The van der Waals surface area contributed by atoms with Gasteiger partial charge in [0.05, 0.1) is 11.3 Å². The van der Waals surface area contributed by atoms with E-state index in [2.05, 4.69) is 10.5 Å². The molecule has 0 aliphatic heterocycles. The van der Waals surface area contributed by atoms with Crippen LogP contribution in [0, 0.1) is 27.7 Å². The molecule has 1 heterocycles. The minimum atomic E-state index is -0.638. The van der Waals surface area contributed by atoms with Crippen molar-refractivity contribution in [3.05, 3.63) is 76.2 Å². The second-order valence-corrected chi connectivity index (χ2v) is 7.03. The molecule has 1 amide bonds. The maximum atomic E-state index is 12.5. The lowest BCUT2D eigenvalue weighted by molar-refractivity contribution is -0.119. The van der Waals surface area contributed by atoms with E-state index in [-0.39, 0.29) is 12.2 Å². The predicted molar refractivity (Wildman–Crippen MR) is 112 cm³/mol. The van der Waals surface area contributed by atoms with Crippen molar-refractivity contribution in [1.82, 2.24) is 5.16 Å². The third-order valence-corrected chi connectivity index (χ3v) is 4.66. The molecule has 0 saturated heterocycles. The monoisotopic (exact) mass is 408 g/mol. The van der Waals surface area contributed by atoms with Crippen molar-refractivity contribution in [3.8, 4) is 5.75 Å². The molecule has 156 valence electrons. The summed E-state index contributed by atoms with van der Waals surface area (Å²) in [4.78, 5) is 24.7. The molecule has 0 atom stereocenters. The van der Waals surface area contributed by atoms with Gasteiger partial charge in [-0.1, -0.05) is 29.4 Å². The van der Waals surface area contributed by atoms with E-state index < -0.39 is 18.5 Å². The Labute approximate surface area is 175 Å². The molecule has 7 heteroatoms. The van der Waals surface area contributed by atoms with E-state index in [1.165, 1.54) is 0 Å².